The Morgan fingerprint density at radius 3 is 2.90 bits per heavy atom. The number of amides is 1. The highest BCUT2D eigenvalue weighted by Crippen LogP contribution is 2.60. The van der Waals surface area contributed by atoms with Gasteiger partial charge in [0.1, 0.15) is 23.2 Å². The van der Waals surface area contributed by atoms with Gasteiger partial charge in [-0.25, -0.2) is 4.79 Å². The molecule has 4 aliphatic rings. The van der Waals surface area contributed by atoms with Gasteiger partial charge in [0.05, 0.1) is 32.2 Å². The van der Waals surface area contributed by atoms with E-state index in [1.54, 1.807) is 11.0 Å². The first-order chi connectivity index (χ1) is 14.0. The summed E-state index contributed by atoms with van der Waals surface area (Å²) in [6.45, 7) is 2.90. The molecule has 1 aromatic carbocycles. The minimum atomic E-state index is -1.16. The topological polar surface area (TPSA) is 118 Å². The van der Waals surface area contributed by atoms with Crippen LogP contribution >= 0.6 is 0 Å². The van der Waals surface area contributed by atoms with Crippen molar-refractivity contribution in [3.8, 4) is 11.5 Å². The molecule has 154 valence electrons. The number of ether oxygens (including phenoxy) is 2. The Morgan fingerprint density at radius 2 is 2.17 bits per heavy atom. The first kappa shape index (κ1) is 18.7. The van der Waals surface area contributed by atoms with Gasteiger partial charge in [0.2, 0.25) is 5.91 Å². The van der Waals surface area contributed by atoms with Crippen LogP contribution in [-0.2, 0) is 9.53 Å². The maximum Gasteiger partial charge on any atom is 0.526 e. The number of fused-ring (bicyclic) bond motifs is 3. The molecular weight excluding hydrogens is 379 g/mol. The lowest BCUT2D eigenvalue weighted by Gasteiger charge is -2.40. The summed E-state index contributed by atoms with van der Waals surface area (Å²) in [5.41, 5.74) is 0.759. The fourth-order valence-corrected chi connectivity index (χ4v) is 4.37. The second-order valence-electron chi connectivity index (χ2n) is 8.12. The number of carboxylic acid groups (broad SMARTS) is 1. The van der Waals surface area contributed by atoms with Gasteiger partial charge in [-0.2, -0.15) is 0 Å². The molecule has 5 rings (SSSR count). The fourth-order valence-electron chi connectivity index (χ4n) is 4.37. The van der Waals surface area contributed by atoms with E-state index >= 15 is 0 Å². The van der Waals surface area contributed by atoms with E-state index in [0.717, 1.165) is 18.5 Å². The molecule has 0 aromatic heterocycles. The zero-order valence-electron chi connectivity index (χ0n) is 15.9. The van der Waals surface area contributed by atoms with Gasteiger partial charge in [0.25, 0.3) is 0 Å². The van der Waals surface area contributed by atoms with Crippen molar-refractivity contribution in [2.24, 2.45) is 0 Å². The smallest absolute Gasteiger partial charge is 0.526 e. The molecule has 1 aromatic rings. The van der Waals surface area contributed by atoms with Gasteiger partial charge in [-0.05, 0) is 24.0 Å². The van der Waals surface area contributed by atoms with Crippen LogP contribution in [0.3, 0.4) is 0 Å². The summed E-state index contributed by atoms with van der Waals surface area (Å²) in [4.78, 5) is 25.9. The Balaban J connectivity index is 1.23. The third kappa shape index (κ3) is 3.45. The van der Waals surface area contributed by atoms with Gasteiger partial charge in [0.15, 0.2) is 0 Å². The largest absolute Gasteiger partial charge is 0.535 e. The molecule has 0 bridgehead atoms. The number of benzene rings is 1. The average molecular weight is 402 g/mol. The Morgan fingerprint density at radius 1 is 1.34 bits per heavy atom. The Hall–Kier alpha value is -2.30. The summed E-state index contributed by atoms with van der Waals surface area (Å²) < 4.78 is 17.0. The molecule has 10 heteroatoms. The highest BCUT2D eigenvalue weighted by atomic mass is 16.5. The predicted molar refractivity (Wildman–Crippen MR) is 101 cm³/mol. The first-order valence-corrected chi connectivity index (χ1v) is 10.0. The van der Waals surface area contributed by atoms with Crippen LogP contribution < -0.4 is 14.7 Å². The molecule has 0 spiro atoms. The highest BCUT2D eigenvalue weighted by Gasteiger charge is 2.54. The first-order valence-electron chi connectivity index (χ1n) is 10.0. The van der Waals surface area contributed by atoms with Crippen molar-refractivity contribution < 1.29 is 33.8 Å². The number of hydrogen-bond donors (Lipinski definition) is 3. The number of aromatic carboxylic acids is 1. The molecule has 1 saturated carbocycles. The van der Waals surface area contributed by atoms with E-state index in [1.165, 1.54) is 0 Å². The van der Waals surface area contributed by atoms with Gasteiger partial charge < -0.3 is 34.5 Å². The van der Waals surface area contributed by atoms with Gasteiger partial charge in [-0.1, -0.05) is 6.07 Å². The standard InChI is InChI=1S/C19H23BN2O7/c23-16(5-10-7-21-3-4-27-10)22-8-11(9-22)28-15-2-1-12-13-6-14(13)20(26)29-18(12)17(15)19(24)25/h1-2,10-11,13-14,21,26H,3-9H2,(H,24,25)/t10-,13-,14-/m0/s1. The monoisotopic (exact) mass is 402 g/mol. The number of carboxylic acids is 1. The predicted octanol–water partition coefficient (Wildman–Crippen LogP) is 0.0833. The number of rotatable bonds is 5. The summed E-state index contributed by atoms with van der Waals surface area (Å²) in [7, 11) is -0.978. The number of morpholine rings is 1. The van der Waals surface area contributed by atoms with E-state index in [1.807, 2.05) is 6.07 Å². The number of likely N-dealkylation sites (tertiary alicyclic amines) is 1. The lowest BCUT2D eigenvalue weighted by Crippen LogP contribution is -2.57. The third-order valence-corrected chi connectivity index (χ3v) is 6.11. The van der Waals surface area contributed by atoms with Crippen molar-refractivity contribution in [2.45, 2.75) is 36.8 Å². The minimum absolute atomic E-state index is 0.00804. The summed E-state index contributed by atoms with van der Waals surface area (Å²) in [6.07, 6.45) is 0.744. The summed E-state index contributed by atoms with van der Waals surface area (Å²) >= 11 is 0. The quantitative estimate of drug-likeness (QED) is 0.593. The molecule has 3 atom stereocenters. The maximum atomic E-state index is 12.4. The lowest BCUT2D eigenvalue weighted by molar-refractivity contribution is -0.143. The maximum absolute atomic E-state index is 12.4. The molecule has 29 heavy (non-hydrogen) atoms. The SMILES string of the molecule is O=C(O)c1c(OC2CN(C(=O)C[C@H]3CNCCO3)C2)ccc2c1OB(O)[C@H]1C[C@@H]21. The van der Waals surface area contributed by atoms with Crippen molar-refractivity contribution in [3.05, 3.63) is 23.3 Å². The van der Waals surface area contributed by atoms with Crippen molar-refractivity contribution in [1.82, 2.24) is 10.2 Å². The Kier molecular flexibility index (Phi) is 4.64. The molecule has 0 unspecified atom stereocenters. The third-order valence-electron chi connectivity index (χ3n) is 6.11. The molecular formula is C19H23BN2O7. The van der Waals surface area contributed by atoms with Gasteiger partial charge in [0, 0.05) is 18.9 Å². The molecule has 0 radical (unpaired) electrons. The summed E-state index contributed by atoms with van der Waals surface area (Å²) in [5.74, 6) is -0.541. The van der Waals surface area contributed by atoms with Crippen LogP contribution in [0.1, 0.15) is 34.7 Å². The summed E-state index contributed by atoms with van der Waals surface area (Å²) in [6, 6.07) is 3.48. The van der Waals surface area contributed by atoms with Crippen LogP contribution in [0.2, 0.25) is 5.82 Å². The molecule has 1 aliphatic carbocycles. The van der Waals surface area contributed by atoms with Gasteiger partial charge >= 0.3 is 13.1 Å². The van der Waals surface area contributed by atoms with E-state index in [9.17, 15) is 19.7 Å². The van der Waals surface area contributed by atoms with Crippen LogP contribution in [0.25, 0.3) is 0 Å². The average Bonchev–Trinajstić information content (AvgIpc) is 3.46. The van der Waals surface area contributed by atoms with Crippen LogP contribution in [0.4, 0.5) is 0 Å². The van der Waals surface area contributed by atoms with E-state index in [0.29, 0.717) is 32.7 Å². The van der Waals surface area contributed by atoms with Crippen molar-refractivity contribution in [3.63, 3.8) is 0 Å². The Labute approximate surface area is 168 Å². The number of hydrogen-bond acceptors (Lipinski definition) is 7. The molecule has 3 heterocycles. The minimum Gasteiger partial charge on any atom is -0.535 e. The van der Waals surface area contributed by atoms with E-state index in [4.69, 9.17) is 14.1 Å². The zero-order chi connectivity index (χ0) is 20.1. The fraction of sp³-hybridized carbons (Fsp3) is 0.579. The Bertz CT molecular complexity index is 838. The van der Waals surface area contributed by atoms with Crippen LogP contribution in [0.5, 0.6) is 11.5 Å². The number of carbonyl (C=O) groups excluding carboxylic acids is 1. The van der Waals surface area contributed by atoms with Gasteiger partial charge in [-0.3, -0.25) is 4.79 Å². The molecule has 9 nitrogen and oxygen atoms in total. The number of carbonyl (C=O) groups is 2. The van der Waals surface area contributed by atoms with Crippen molar-refractivity contribution >= 4 is 19.0 Å². The highest BCUT2D eigenvalue weighted by molar-refractivity contribution is 6.48. The van der Waals surface area contributed by atoms with E-state index in [2.05, 4.69) is 5.32 Å². The molecule has 1 amide bonds. The van der Waals surface area contributed by atoms with Crippen molar-refractivity contribution in [2.75, 3.05) is 32.8 Å². The molecule has 3 aliphatic heterocycles. The van der Waals surface area contributed by atoms with Crippen LogP contribution in [0.15, 0.2) is 12.1 Å². The van der Waals surface area contributed by atoms with E-state index in [-0.39, 0.29) is 46.9 Å². The normalized spacial score (nSPS) is 28.0. The molecule has 2 saturated heterocycles. The van der Waals surface area contributed by atoms with Gasteiger partial charge in [-0.15, -0.1) is 0 Å². The number of nitrogens with zero attached hydrogens (tertiary/aromatic N) is 1. The van der Waals surface area contributed by atoms with Crippen LogP contribution in [-0.4, -0.2) is 79.0 Å². The number of nitrogens with one attached hydrogen (secondary N) is 1. The lowest BCUT2D eigenvalue weighted by atomic mass is 9.77. The zero-order valence-corrected chi connectivity index (χ0v) is 15.9. The molecule has 3 fully saturated rings. The second-order valence-corrected chi connectivity index (χ2v) is 8.12. The molecule has 3 N–H and O–H groups in total. The summed E-state index contributed by atoms with van der Waals surface area (Å²) in [5, 5.41) is 22.9. The van der Waals surface area contributed by atoms with E-state index < -0.39 is 13.1 Å². The second kappa shape index (κ2) is 7.19. The van der Waals surface area contributed by atoms with Crippen LogP contribution in [0, 0.1) is 0 Å². The van der Waals surface area contributed by atoms with Crippen molar-refractivity contribution in [1.29, 1.82) is 0 Å².